The van der Waals surface area contributed by atoms with Crippen LogP contribution in [0.15, 0.2) is 17.1 Å². The molecule has 7 heteroatoms. The fraction of sp³-hybridized carbons (Fsp3) is 0.615. The van der Waals surface area contributed by atoms with E-state index in [1.807, 2.05) is 19.1 Å². The smallest absolute Gasteiger partial charge is 0.862 e. The number of aliphatic imine (C=N–C) groups is 1. The van der Waals surface area contributed by atoms with E-state index in [4.69, 9.17) is 10.2 Å². The van der Waals surface area contributed by atoms with E-state index >= 15 is 0 Å². The van der Waals surface area contributed by atoms with Crippen LogP contribution in [0.25, 0.3) is 0 Å². The minimum atomic E-state index is -1.26. The summed E-state index contributed by atoms with van der Waals surface area (Å²) in [6.07, 6.45) is 5.98. The summed E-state index contributed by atoms with van der Waals surface area (Å²) < 4.78 is 0. The number of aliphatic carboxylic acids is 2. The fourth-order valence-corrected chi connectivity index (χ4v) is 1.40. The van der Waals surface area contributed by atoms with Crippen LogP contribution >= 0.6 is 0 Å². The van der Waals surface area contributed by atoms with Gasteiger partial charge < -0.3 is 15.3 Å². The van der Waals surface area contributed by atoms with Gasteiger partial charge in [-0.1, -0.05) is 19.1 Å². The van der Waals surface area contributed by atoms with Gasteiger partial charge in [0.25, 0.3) is 0 Å². The van der Waals surface area contributed by atoms with Gasteiger partial charge in [0, 0.05) is 6.42 Å². The van der Waals surface area contributed by atoms with Gasteiger partial charge in [0.2, 0.25) is 0 Å². The summed E-state index contributed by atoms with van der Waals surface area (Å²) in [7, 11) is 0. The minimum Gasteiger partial charge on any atom is -0.862 e. The molecule has 0 saturated carbocycles. The SMILES string of the molecule is CC/C=C/CCCC([O-])=N[C@@H](CCC(=O)O)C(=O)O.[Na+]. The molecule has 0 aliphatic heterocycles. The Morgan fingerprint density at radius 3 is 2.40 bits per heavy atom. The third kappa shape index (κ3) is 12.2. The maximum Gasteiger partial charge on any atom is 1.00 e. The number of allylic oxidation sites excluding steroid dienone is 2. The molecule has 0 aromatic carbocycles. The Morgan fingerprint density at radius 1 is 1.25 bits per heavy atom. The summed E-state index contributed by atoms with van der Waals surface area (Å²) >= 11 is 0. The van der Waals surface area contributed by atoms with Gasteiger partial charge in [-0.3, -0.25) is 9.79 Å². The van der Waals surface area contributed by atoms with Crippen molar-refractivity contribution in [2.45, 2.75) is 51.5 Å². The second kappa shape index (κ2) is 13.1. The summed E-state index contributed by atoms with van der Waals surface area (Å²) in [6.45, 7) is 2.01. The zero-order valence-corrected chi connectivity index (χ0v) is 14.0. The van der Waals surface area contributed by atoms with E-state index in [9.17, 15) is 14.7 Å². The fourth-order valence-electron chi connectivity index (χ4n) is 1.40. The number of carbonyl (C=O) groups is 2. The monoisotopic (exact) mass is 293 g/mol. The van der Waals surface area contributed by atoms with Crippen molar-refractivity contribution in [3.05, 3.63) is 12.2 Å². The molecule has 0 unspecified atom stereocenters. The van der Waals surface area contributed by atoms with Crippen LogP contribution in [0, 0.1) is 0 Å². The molecule has 108 valence electrons. The molecule has 0 radical (unpaired) electrons. The van der Waals surface area contributed by atoms with E-state index in [0.29, 0.717) is 6.42 Å². The van der Waals surface area contributed by atoms with Crippen molar-refractivity contribution in [1.82, 2.24) is 0 Å². The topological polar surface area (TPSA) is 110 Å². The summed E-state index contributed by atoms with van der Waals surface area (Å²) in [5, 5.41) is 28.7. The first-order valence-corrected chi connectivity index (χ1v) is 6.30. The summed E-state index contributed by atoms with van der Waals surface area (Å²) in [6, 6.07) is -1.25. The van der Waals surface area contributed by atoms with Crippen molar-refractivity contribution in [3.63, 3.8) is 0 Å². The summed E-state index contributed by atoms with van der Waals surface area (Å²) in [4.78, 5) is 24.7. The minimum absolute atomic E-state index is 0. The maximum absolute atomic E-state index is 11.4. The molecule has 0 rings (SSSR count). The van der Waals surface area contributed by atoms with Crippen LogP contribution in [0.2, 0.25) is 0 Å². The van der Waals surface area contributed by atoms with E-state index in [1.54, 1.807) is 0 Å². The molecule has 1 atom stereocenters. The number of hydrogen-bond acceptors (Lipinski definition) is 4. The van der Waals surface area contributed by atoms with Crippen LogP contribution in [0.4, 0.5) is 0 Å². The predicted molar refractivity (Wildman–Crippen MR) is 69.0 cm³/mol. The standard InChI is InChI=1S/C13H21NO5.Na/c1-2-3-4-5-6-7-11(15)14-10(13(18)19)8-9-12(16)17;/h3-4,10H,2,5-9H2,1H3,(H,14,15)(H,16,17)(H,18,19);/q;+1/p-1/b4-3+;/t10-;/m0./s1. The molecule has 0 fully saturated rings. The molecule has 0 aromatic rings. The predicted octanol–water partition coefficient (Wildman–Crippen LogP) is -1.80. The zero-order chi connectivity index (χ0) is 14.7. The molecule has 0 amide bonds. The van der Waals surface area contributed by atoms with Gasteiger partial charge in [0.15, 0.2) is 0 Å². The van der Waals surface area contributed by atoms with Crippen LogP contribution in [-0.2, 0) is 9.59 Å². The third-order valence-corrected chi connectivity index (χ3v) is 2.38. The summed E-state index contributed by atoms with van der Waals surface area (Å²) in [5.41, 5.74) is 0. The van der Waals surface area contributed by atoms with Crippen LogP contribution < -0.4 is 34.7 Å². The Balaban J connectivity index is 0. The number of hydrogen-bond donors (Lipinski definition) is 2. The number of carboxylic acids is 2. The molecule has 0 saturated heterocycles. The second-order valence-corrected chi connectivity index (χ2v) is 4.08. The molecule has 0 aromatic heterocycles. The number of nitrogens with zero attached hydrogens (tertiary/aromatic N) is 1. The molecular weight excluding hydrogens is 273 g/mol. The molecule has 6 nitrogen and oxygen atoms in total. The number of unbranched alkanes of at least 4 members (excludes halogenated alkanes) is 1. The molecule has 20 heavy (non-hydrogen) atoms. The van der Waals surface area contributed by atoms with E-state index in [-0.39, 0.29) is 48.8 Å². The van der Waals surface area contributed by atoms with Gasteiger partial charge in [0.05, 0.1) is 0 Å². The molecule has 0 aliphatic carbocycles. The number of rotatable bonds is 10. The molecular formula is C13H20NNaO5. The number of carboxylic acid groups (broad SMARTS) is 2. The molecule has 0 heterocycles. The van der Waals surface area contributed by atoms with E-state index < -0.39 is 23.9 Å². The van der Waals surface area contributed by atoms with Crippen LogP contribution in [-0.4, -0.2) is 34.1 Å². The third-order valence-electron chi connectivity index (χ3n) is 2.38. The van der Waals surface area contributed by atoms with Gasteiger partial charge in [-0.15, -0.1) is 0 Å². The normalized spacial score (nSPS) is 12.9. The molecule has 0 aliphatic rings. The first-order valence-electron chi connectivity index (χ1n) is 6.30. The Morgan fingerprint density at radius 2 is 1.90 bits per heavy atom. The average Bonchev–Trinajstić information content (AvgIpc) is 2.33. The van der Waals surface area contributed by atoms with Crippen LogP contribution in [0.1, 0.15) is 45.4 Å². The van der Waals surface area contributed by atoms with Crippen molar-refractivity contribution < 1.29 is 54.5 Å². The quantitative estimate of drug-likeness (QED) is 0.162. The first-order chi connectivity index (χ1) is 8.97. The van der Waals surface area contributed by atoms with Crippen molar-refractivity contribution in [1.29, 1.82) is 0 Å². The Hall–Kier alpha value is -0.850. The van der Waals surface area contributed by atoms with Crippen molar-refractivity contribution in [2.24, 2.45) is 4.99 Å². The molecule has 2 N–H and O–H groups in total. The second-order valence-electron chi connectivity index (χ2n) is 4.08. The van der Waals surface area contributed by atoms with Gasteiger partial charge in [-0.2, -0.15) is 0 Å². The van der Waals surface area contributed by atoms with Crippen molar-refractivity contribution in [2.75, 3.05) is 0 Å². The van der Waals surface area contributed by atoms with E-state index in [2.05, 4.69) is 4.99 Å². The maximum atomic E-state index is 11.4. The molecule has 0 bridgehead atoms. The van der Waals surface area contributed by atoms with Crippen LogP contribution in [0.5, 0.6) is 0 Å². The van der Waals surface area contributed by atoms with Gasteiger partial charge in [0.1, 0.15) is 6.04 Å². The Kier molecular flexibility index (Phi) is 14.1. The van der Waals surface area contributed by atoms with Crippen LogP contribution in [0.3, 0.4) is 0 Å². The van der Waals surface area contributed by atoms with Gasteiger partial charge >= 0.3 is 41.5 Å². The first kappa shape index (κ1) is 21.4. The van der Waals surface area contributed by atoms with Gasteiger partial charge in [-0.05, 0) is 38.0 Å². The van der Waals surface area contributed by atoms with Gasteiger partial charge in [-0.25, -0.2) is 4.79 Å². The largest absolute Gasteiger partial charge is 1.00 e. The Labute approximate surface area is 140 Å². The average molecular weight is 293 g/mol. The van der Waals surface area contributed by atoms with E-state index in [1.165, 1.54) is 0 Å². The zero-order valence-electron chi connectivity index (χ0n) is 12.0. The molecule has 0 spiro atoms. The van der Waals surface area contributed by atoms with Crippen molar-refractivity contribution in [3.8, 4) is 0 Å². The summed E-state index contributed by atoms with van der Waals surface area (Å²) in [5.74, 6) is -2.85. The van der Waals surface area contributed by atoms with E-state index in [0.717, 1.165) is 12.8 Å². The Bertz CT molecular complexity index is 355. The van der Waals surface area contributed by atoms with Crippen molar-refractivity contribution >= 4 is 17.8 Å².